The average Bonchev–Trinajstić information content (AvgIpc) is 3.50. The van der Waals surface area contributed by atoms with E-state index in [-0.39, 0.29) is 0 Å². The summed E-state index contributed by atoms with van der Waals surface area (Å²) in [6, 6.07) is 5.54. The fourth-order valence-electron chi connectivity index (χ4n) is 3.33. The molecule has 0 bridgehead atoms. The van der Waals surface area contributed by atoms with E-state index in [2.05, 4.69) is 30.0 Å². The van der Waals surface area contributed by atoms with Crippen LogP contribution in [-0.2, 0) is 10.5 Å². The molecule has 1 aromatic carbocycles. The number of fused-ring (bicyclic) bond motifs is 1. The van der Waals surface area contributed by atoms with Crippen molar-refractivity contribution in [1.82, 2.24) is 25.1 Å². The van der Waals surface area contributed by atoms with Crippen molar-refractivity contribution in [2.24, 2.45) is 0 Å². The second-order valence-electron chi connectivity index (χ2n) is 6.77. The number of nitrogens with zero attached hydrogens (tertiary/aromatic N) is 6. The van der Waals surface area contributed by atoms with Crippen molar-refractivity contribution in [3.05, 3.63) is 30.4 Å². The maximum atomic E-state index is 5.47. The Kier molecular flexibility index (Phi) is 6.06. The third-order valence-corrected chi connectivity index (χ3v) is 7.09. The Morgan fingerprint density at radius 1 is 1.12 bits per heavy atom. The predicted molar refractivity (Wildman–Crippen MR) is 121 cm³/mol. The van der Waals surface area contributed by atoms with E-state index in [0.717, 1.165) is 27.9 Å². The third-order valence-electron chi connectivity index (χ3n) is 4.87. The maximum Gasteiger partial charge on any atom is 0.237 e. The predicted octanol–water partition coefficient (Wildman–Crippen LogP) is 3.28. The molecule has 10 nitrogen and oxygen atoms in total. The van der Waals surface area contributed by atoms with Crippen molar-refractivity contribution in [2.45, 2.75) is 10.8 Å². The molecule has 4 heterocycles. The quantitative estimate of drug-likeness (QED) is 0.292. The van der Waals surface area contributed by atoms with E-state index >= 15 is 0 Å². The lowest BCUT2D eigenvalue weighted by Gasteiger charge is -2.25. The summed E-state index contributed by atoms with van der Waals surface area (Å²) in [6.07, 6.45) is 1.54. The van der Waals surface area contributed by atoms with Gasteiger partial charge in [-0.15, -0.1) is 0 Å². The smallest absolute Gasteiger partial charge is 0.237 e. The molecule has 166 valence electrons. The van der Waals surface area contributed by atoms with E-state index in [9.17, 15) is 0 Å². The van der Waals surface area contributed by atoms with Crippen LogP contribution >= 0.6 is 23.1 Å². The van der Waals surface area contributed by atoms with Crippen molar-refractivity contribution in [2.75, 3.05) is 45.4 Å². The molecule has 0 atom stereocenters. The Morgan fingerprint density at radius 2 is 2.00 bits per heavy atom. The minimum atomic E-state index is 0.441. The molecule has 0 spiro atoms. The van der Waals surface area contributed by atoms with Gasteiger partial charge in [-0.1, -0.05) is 34.3 Å². The number of hydrogen-bond donors (Lipinski definition) is 0. The highest BCUT2D eigenvalue weighted by Gasteiger charge is 2.20. The number of anilines is 1. The van der Waals surface area contributed by atoms with Crippen LogP contribution in [-0.4, -0.2) is 65.6 Å². The fraction of sp³-hybridized carbons (Fsp3) is 0.350. The molecule has 1 aliphatic rings. The number of aromatic nitrogens is 5. The third kappa shape index (κ3) is 4.08. The number of morpholine rings is 1. The first kappa shape index (κ1) is 20.9. The lowest BCUT2D eigenvalue weighted by molar-refractivity contribution is 0.122. The highest BCUT2D eigenvalue weighted by molar-refractivity contribution is 7.98. The molecule has 0 aliphatic carbocycles. The van der Waals surface area contributed by atoms with E-state index in [0.29, 0.717) is 53.4 Å². The summed E-state index contributed by atoms with van der Waals surface area (Å²) >= 11 is 3.11. The number of para-hydroxylation sites is 1. The van der Waals surface area contributed by atoms with Crippen LogP contribution in [0.5, 0.6) is 11.5 Å². The highest BCUT2D eigenvalue weighted by atomic mass is 32.2. The van der Waals surface area contributed by atoms with Gasteiger partial charge in [-0.25, -0.2) is 9.97 Å². The van der Waals surface area contributed by atoms with Crippen molar-refractivity contribution >= 4 is 38.6 Å². The number of methoxy groups -OCH3 is 2. The van der Waals surface area contributed by atoms with Gasteiger partial charge in [0.15, 0.2) is 22.3 Å². The number of rotatable bonds is 7. The van der Waals surface area contributed by atoms with Crippen LogP contribution in [0.2, 0.25) is 0 Å². The molecule has 0 N–H and O–H groups in total. The minimum absolute atomic E-state index is 0.441. The first-order valence-corrected chi connectivity index (χ1v) is 11.7. The van der Waals surface area contributed by atoms with E-state index in [1.165, 1.54) is 18.1 Å². The lowest BCUT2D eigenvalue weighted by atomic mass is 10.2. The summed E-state index contributed by atoms with van der Waals surface area (Å²) in [5.74, 6) is 2.57. The average molecular weight is 473 g/mol. The second-order valence-corrected chi connectivity index (χ2v) is 8.71. The Labute approximate surface area is 191 Å². The zero-order valence-corrected chi connectivity index (χ0v) is 19.1. The van der Waals surface area contributed by atoms with Gasteiger partial charge >= 0.3 is 0 Å². The van der Waals surface area contributed by atoms with Gasteiger partial charge in [0.05, 0.1) is 38.7 Å². The molecule has 1 fully saturated rings. The summed E-state index contributed by atoms with van der Waals surface area (Å²) in [4.78, 5) is 20.2. The molecular formula is C20H20N6O4S2. The number of thioether (sulfide) groups is 1. The number of thiazole rings is 1. The summed E-state index contributed by atoms with van der Waals surface area (Å²) in [5, 5.41) is 5.89. The highest BCUT2D eigenvalue weighted by Crippen LogP contribution is 2.38. The topological polar surface area (TPSA) is 109 Å². The molecule has 0 saturated carbocycles. The zero-order valence-electron chi connectivity index (χ0n) is 17.5. The van der Waals surface area contributed by atoms with Crippen molar-refractivity contribution in [3.63, 3.8) is 0 Å². The number of benzene rings is 1. The van der Waals surface area contributed by atoms with Crippen molar-refractivity contribution < 1.29 is 18.7 Å². The molecule has 0 amide bonds. The monoisotopic (exact) mass is 472 g/mol. The molecule has 3 aromatic heterocycles. The van der Waals surface area contributed by atoms with Crippen LogP contribution in [0.25, 0.3) is 21.7 Å². The van der Waals surface area contributed by atoms with Gasteiger partial charge in [0.1, 0.15) is 16.1 Å². The first-order chi connectivity index (χ1) is 15.8. The maximum absolute atomic E-state index is 5.47. The molecule has 12 heteroatoms. The fourth-order valence-corrected chi connectivity index (χ4v) is 5.31. The molecule has 1 saturated heterocycles. The van der Waals surface area contributed by atoms with Crippen LogP contribution < -0.4 is 14.4 Å². The van der Waals surface area contributed by atoms with Crippen LogP contribution in [0.15, 0.2) is 34.1 Å². The van der Waals surface area contributed by atoms with Gasteiger partial charge in [0.25, 0.3) is 0 Å². The zero-order chi connectivity index (χ0) is 21.9. The molecule has 32 heavy (non-hydrogen) atoms. The van der Waals surface area contributed by atoms with Gasteiger partial charge in [-0.2, -0.15) is 9.97 Å². The van der Waals surface area contributed by atoms with Gasteiger partial charge in [-0.3, -0.25) is 0 Å². The molecule has 5 rings (SSSR count). The normalized spacial score (nSPS) is 14.1. The summed E-state index contributed by atoms with van der Waals surface area (Å²) in [7, 11) is 3.17. The number of hydrogen-bond acceptors (Lipinski definition) is 12. The Balaban J connectivity index is 1.35. The van der Waals surface area contributed by atoms with Gasteiger partial charge in [-0.05, 0) is 12.1 Å². The van der Waals surface area contributed by atoms with E-state index in [4.69, 9.17) is 18.7 Å². The van der Waals surface area contributed by atoms with E-state index in [1.807, 2.05) is 18.2 Å². The lowest BCUT2D eigenvalue weighted by Crippen LogP contribution is -2.36. The standard InChI is InChI=1S/C20H20N6O4S2/c1-27-13-5-3-4-12(15(13)28-2)17-23-14(30-25-17)10-31-19-16-18(21-11-22-19)24-20(32-16)26-6-8-29-9-7-26/h3-5,11H,6-10H2,1-2H3. The number of ether oxygens (including phenoxy) is 3. The molecule has 0 unspecified atom stereocenters. The molecule has 1 aliphatic heterocycles. The first-order valence-electron chi connectivity index (χ1n) is 9.88. The largest absolute Gasteiger partial charge is 0.493 e. The summed E-state index contributed by atoms with van der Waals surface area (Å²) < 4.78 is 22.7. The van der Waals surface area contributed by atoms with Crippen molar-refractivity contribution in [1.29, 1.82) is 0 Å². The molecule has 0 radical (unpaired) electrons. The van der Waals surface area contributed by atoms with Gasteiger partial charge in [0, 0.05) is 13.1 Å². The molecule has 4 aromatic rings. The van der Waals surface area contributed by atoms with Crippen LogP contribution in [0.3, 0.4) is 0 Å². The Hall–Kier alpha value is -2.96. The van der Waals surface area contributed by atoms with Crippen molar-refractivity contribution in [3.8, 4) is 22.9 Å². The van der Waals surface area contributed by atoms with Gasteiger partial charge in [0.2, 0.25) is 11.7 Å². The van der Waals surface area contributed by atoms with Crippen LogP contribution in [0, 0.1) is 0 Å². The van der Waals surface area contributed by atoms with Crippen LogP contribution in [0.4, 0.5) is 5.13 Å². The summed E-state index contributed by atoms with van der Waals surface area (Å²) in [5.41, 5.74) is 1.40. The summed E-state index contributed by atoms with van der Waals surface area (Å²) in [6.45, 7) is 3.07. The Morgan fingerprint density at radius 3 is 2.81 bits per heavy atom. The van der Waals surface area contributed by atoms with Crippen LogP contribution in [0.1, 0.15) is 5.89 Å². The van der Waals surface area contributed by atoms with Gasteiger partial charge < -0.3 is 23.6 Å². The SMILES string of the molecule is COc1cccc(-c2noc(CSc3ncnc4nc(N5CCOCC5)sc34)n2)c1OC. The second kappa shape index (κ2) is 9.27. The Bertz CT molecular complexity index is 1220. The minimum Gasteiger partial charge on any atom is -0.493 e. The van der Waals surface area contributed by atoms with E-state index in [1.54, 1.807) is 25.6 Å². The molecular weight excluding hydrogens is 452 g/mol. The van der Waals surface area contributed by atoms with E-state index < -0.39 is 0 Å².